The zero-order valence-corrected chi connectivity index (χ0v) is 8.88. The fourth-order valence-electron chi connectivity index (χ4n) is 1.94. The van der Waals surface area contributed by atoms with Crippen LogP contribution in [0, 0.1) is 0 Å². The van der Waals surface area contributed by atoms with Crippen molar-refractivity contribution in [1.29, 1.82) is 0 Å². The van der Waals surface area contributed by atoms with E-state index >= 15 is 0 Å². The van der Waals surface area contributed by atoms with Gasteiger partial charge in [-0.2, -0.15) is 0 Å². The van der Waals surface area contributed by atoms with Crippen LogP contribution < -0.4 is 10.6 Å². The molecular weight excluding hydrogens is 196 g/mol. The van der Waals surface area contributed by atoms with Gasteiger partial charge in [-0.15, -0.1) is 0 Å². The largest absolute Gasteiger partial charge is 0.301 e. The van der Waals surface area contributed by atoms with E-state index in [2.05, 4.69) is 46.1 Å². The van der Waals surface area contributed by atoms with Gasteiger partial charge in [0.05, 0.1) is 5.35 Å². The van der Waals surface area contributed by atoms with Crippen LogP contribution in [-0.4, -0.2) is 9.55 Å². The van der Waals surface area contributed by atoms with Crippen LogP contribution in [0.2, 0.25) is 0 Å². The maximum Gasteiger partial charge on any atom is 0.137 e. The maximum absolute atomic E-state index is 4.36. The van der Waals surface area contributed by atoms with Crippen LogP contribution in [0.3, 0.4) is 0 Å². The molecule has 1 aliphatic carbocycles. The van der Waals surface area contributed by atoms with Crippen molar-refractivity contribution in [3.63, 3.8) is 0 Å². The number of pyridine rings is 1. The molecule has 0 spiro atoms. The summed E-state index contributed by atoms with van der Waals surface area (Å²) in [6.07, 6.45) is 13.5. The topological polar surface area (TPSA) is 17.8 Å². The lowest BCUT2D eigenvalue weighted by Gasteiger charge is -2.00. The predicted molar refractivity (Wildman–Crippen MR) is 65.5 cm³/mol. The second kappa shape index (κ2) is 3.81. The van der Waals surface area contributed by atoms with Gasteiger partial charge in [0.1, 0.15) is 5.82 Å². The van der Waals surface area contributed by atoms with Gasteiger partial charge in [0.15, 0.2) is 0 Å². The molecular formula is C14H12N2. The molecule has 0 bridgehead atoms. The SMILES string of the molecule is C1=CCC=c2ccn(-c3ccccn3)c2=C1. The highest BCUT2D eigenvalue weighted by Crippen LogP contribution is 1.99. The summed E-state index contributed by atoms with van der Waals surface area (Å²) in [6.45, 7) is 0. The van der Waals surface area contributed by atoms with E-state index in [1.165, 1.54) is 10.6 Å². The van der Waals surface area contributed by atoms with E-state index in [-0.39, 0.29) is 0 Å². The molecule has 3 rings (SSSR count). The molecule has 0 amide bonds. The molecule has 0 saturated heterocycles. The van der Waals surface area contributed by atoms with Crippen LogP contribution in [0.15, 0.2) is 48.8 Å². The van der Waals surface area contributed by atoms with Gasteiger partial charge < -0.3 is 4.57 Å². The standard InChI is InChI=1S/C14H12N2/c1-2-6-12-9-11-16(13(12)7-3-1)14-8-4-5-10-15-14/h1,3-11H,2H2. The molecule has 2 nitrogen and oxygen atoms in total. The Hall–Kier alpha value is -2.09. The summed E-state index contributed by atoms with van der Waals surface area (Å²) in [6, 6.07) is 8.09. The molecule has 0 radical (unpaired) electrons. The Bertz CT molecular complexity index is 633. The first-order valence-electron chi connectivity index (χ1n) is 5.41. The van der Waals surface area contributed by atoms with Crippen molar-refractivity contribution in [1.82, 2.24) is 9.55 Å². The molecule has 0 aliphatic heterocycles. The highest BCUT2D eigenvalue weighted by atomic mass is 15.0. The summed E-state index contributed by atoms with van der Waals surface area (Å²) in [7, 11) is 0. The van der Waals surface area contributed by atoms with Crippen LogP contribution >= 0.6 is 0 Å². The molecule has 78 valence electrons. The Labute approximate surface area is 93.9 Å². The number of nitrogens with zero attached hydrogens (tertiary/aromatic N) is 2. The van der Waals surface area contributed by atoms with Gasteiger partial charge in [0.25, 0.3) is 0 Å². The fraction of sp³-hybridized carbons (Fsp3) is 0.0714. The van der Waals surface area contributed by atoms with Gasteiger partial charge in [-0.05, 0) is 35.9 Å². The van der Waals surface area contributed by atoms with E-state index in [0.29, 0.717) is 0 Å². The third-order valence-corrected chi connectivity index (χ3v) is 2.72. The zero-order valence-electron chi connectivity index (χ0n) is 8.88. The Morgan fingerprint density at radius 1 is 1.19 bits per heavy atom. The minimum atomic E-state index is 0.962. The van der Waals surface area contributed by atoms with Gasteiger partial charge in [0, 0.05) is 12.4 Å². The van der Waals surface area contributed by atoms with Crippen LogP contribution in [0.5, 0.6) is 0 Å². The van der Waals surface area contributed by atoms with E-state index in [1.54, 1.807) is 0 Å². The predicted octanol–water partition coefficient (Wildman–Crippen LogP) is 1.39. The minimum absolute atomic E-state index is 0.962. The fourth-order valence-corrected chi connectivity index (χ4v) is 1.94. The summed E-state index contributed by atoms with van der Waals surface area (Å²) in [5, 5.41) is 2.48. The molecule has 0 aromatic carbocycles. The normalized spacial score (nSPS) is 13.5. The van der Waals surface area contributed by atoms with Crippen molar-refractivity contribution < 1.29 is 0 Å². The minimum Gasteiger partial charge on any atom is -0.301 e. The van der Waals surface area contributed by atoms with E-state index in [9.17, 15) is 0 Å². The van der Waals surface area contributed by atoms with E-state index < -0.39 is 0 Å². The smallest absolute Gasteiger partial charge is 0.137 e. The second-order valence-corrected chi connectivity index (χ2v) is 3.75. The maximum atomic E-state index is 4.36. The third kappa shape index (κ3) is 1.48. The van der Waals surface area contributed by atoms with Crippen LogP contribution in [0.4, 0.5) is 0 Å². The van der Waals surface area contributed by atoms with E-state index in [0.717, 1.165) is 12.2 Å². The number of allylic oxidation sites excluding steroid dienone is 2. The summed E-state index contributed by atoms with van der Waals surface area (Å²) >= 11 is 0. The summed E-state index contributed by atoms with van der Waals surface area (Å²) in [5.74, 6) is 0.962. The molecule has 0 atom stereocenters. The van der Waals surface area contributed by atoms with Gasteiger partial charge in [-0.1, -0.05) is 24.3 Å². The van der Waals surface area contributed by atoms with Crippen molar-refractivity contribution >= 4 is 12.2 Å². The molecule has 0 unspecified atom stereocenters. The molecule has 0 saturated carbocycles. The Balaban J connectivity index is 2.29. The van der Waals surface area contributed by atoms with Crippen LogP contribution in [0.1, 0.15) is 6.42 Å². The average molecular weight is 208 g/mol. The quantitative estimate of drug-likeness (QED) is 0.692. The van der Waals surface area contributed by atoms with Crippen molar-refractivity contribution in [2.24, 2.45) is 0 Å². The van der Waals surface area contributed by atoms with Gasteiger partial charge >= 0.3 is 0 Å². The molecule has 1 aliphatic rings. The Morgan fingerprint density at radius 2 is 2.19 bits per heavy atom. The molecule has 0 fully saturated rings. The molecule has 2 heterocycles. The third-order valence-electron chi connectivity index (χ3n) is 2.72. The average Bonchev–Trinajstić information content (AvgIpc) is 2.60. The van der Waals surface area contributed by atoms with Gasteiger partial charge in [-0.3, -0.25) is 0 Å². The lowest BCUT2D eigenvalue weighted by atomic mass is 10.3. The summed E-state index contributed by atoms with van der Waals surface area (Å²) in [5.41, 5.74) is 0. The van der Waals surface area contributed by atoms with Gasteiger partial charge in [-0.25, -0.2) is 4.98 Å². The van der Waals surface area contributed by atoms with Crippen molar-refractivity contribution in [2.45, 2.75) is 6.42 Å². The molecule has 2 aromatic rings. The number of hydrogen-bond donors (Lipinski definition) is 0. The number of aromatic nitrogens is 2. The number of hydrogen-bond acceptors (Lipinski definition) is 1. The Morgan fingerprint density at radius 3 is 3.06 bits per heavy atom. The molecule has 2 heteroatoms. The zero-order chi connectivity index (χ0) is 10.8. The molecule has 2 aromatic heterocycles. The number of rotatable bonds is 1. The van der Waals surface area contributed by atoms with E-state index in [4.69, 9.17) is 0 Å². The van der Waals surface area contributed by atoms with Crippen LogP contribution in [0.25, 0.3) is 18.0 Å². The van der Waals surface area contributed by atoms with Crippen molar-refractivity contribution in [2.75, 3.05) is 0 Å². The first-order chi connectivity index (χ1) is 7.95. The summed E-state index contributed by atoms with van der Waals surface area (Å²) in [4.78, 5) is 4.36. The highest BCUT2D eigenvalue weighted by Gasteiger charge is 1.99. The van der Waals surface area contributed by atoms with Crippen molar-refractivity contribution in [3.05, 3.63) is 59.4 Å². The Kier molecular flexibility index (Phi) is 2.18. The van der Waals surface area contributed by atoms with Crippen LogP contribution in [-0.2, 0) is 0 Å². The lowest BCUT2D eigenvalue weighted by molar-refractivity contribution is 0.971. The molecule has 0 N–H and O–H groups in total. The second-order valence-electron chi connectivity index (χ2n) is 3.75. The van der Waals surface area contributed by atoms with Crippen molar-refractivity contribution in [3.8, 4) is 5.82 Å². The molecule has 16 heavy (non-hydrogen) atoms. The highest BCUT2D eigenvalue weighted by molar-refractivity contribution is 5.44. The van der Waals surface area contributed by atoms with Gasteiger partial charge in [0.2, 0.25) is 0 Å². The monoisotopic (exact) mass is 208 g/mol. The van der Waals surface area contributed by atoms with E-state index in [1.807, 2.05) is 24.4 Å². The first kappa shape index (κ1) is 9.16. The number of fused-ring (bicyclic) bond motifs is 1. The lowest BCUT2D eigenvalue weighted by Crippen LogP contribution is -2.27. The first-order valence-corrected chi connectivity index (χ1v) is 5.41. The summed E-state index contributed by atoms with van der Waals surface area (Å²) < 4.78 is 2.11.